The lowest BCUT2D eigenvalue weighted by Gasteiger charge is -2.21. The molecule has 2 heterocycles. The molecular weight excluding hydrogens is 224 g/mol. The van der Waals surface area contributed by atoms with Gasteiger partial charge < -0.3 is 10.2 Å². The van der Waals surface area contributed by atoms with Gasteiger partial charge in [0, 0.05) is 19.1 Å². The van der Waals surface area contributed by atoms with Crippen molar-refractivity contribution in [2.45, 2.75) is 46.2 Å². The van der Waals surface area contributed by atoms with Crippen molar-refractivity contribution in [1.82, 2.24) is 15.5 Å². The van der Waals surface area contributed by atoms with Crippen LogP contribution in [0.5, 0.6) is 0 Å². The molecule has 0 aliphatic carbocycles. The van der Waals surface area contributed by atoms with Crippen molar-refractivity contribution >= 4 is 5.82 Å². The number of hydrogen-bond acceptors (Lipinski definition) is 4. The maximum absolute atomic E-state index is 4.36. The van der Waals surface area contributed by atoms with Gasteiger partial charge in [0.1, 0.15) is 0 Å². The largest absolute Gasteiger partial charge is 0.352 e. The SMILES string of the molecule is CCCNCc1ccc(N2CC(C)CC2C)nn1. The van der Waals surface area contributed by atoms with E-state index in [9.17, 15) is 0 Å². The second-order valence-corrected chi connectivity index (χ2v) is 5.40. The Bertz CT molecular complexity index is 363. The lowest BCUT2D eigenvalue weighted by Crippen LogP contribution is -2.28. The van der Waals surface area contributed by atoms with Gasteiger partial charge in [0.15, 0.2) is 5.82 Å². The predicted octanol–water partition coefficient (Wildman–Crippen LogP) is 2.21. The van der Waals surface area contributed by atoms with E-state index in [4.69, 9.17) is 0 Å². The molecule has 0 bridgehead atoms. The molecule has 1 N–H and O–H groups in total. The third-order valence-corrected chi connectivity index (χ3v) is 3.52. The second kappa shape index (κ2) is 6.14. The number of anilines is 1. The zero-order valence-electron chi connectivity index (χ0n) is 11.7. The number of nitrogens with one attached hydrogen (secondary N) is 1. The van der Waals surface area contributed by atoms with Gasteiger partial charge in [-0.25, -0.2) is 0 Å². The molecule has 0 aromatic carbocycles. The monoisotopic (exact) mass is 248 g/mol. The van der Waals surface area contributed by atoms with Gasteiger partial charge >= 0.3 is 0 Å². The van der Waals surface area contributed by atoms with E-state index in [2.05, 4.69) is 53.3 Å². The molecule has 1 aromatic heterocycles. The van der Waals surface area contributed by atoms with Crippen LogP contribution >= 0.6 is 0 Å². The van der Waals surface area contributed by atoms with Crippen LogP contribution in [0.1, 0.15) is 39.3 Å². The van der Waals surface area contributed by atoms with Gasteiger partial charge in [-0.3, -0.25) is 0 Å². The molecule has 0 radical (unpaired) electrons. The van der Waals surface area contributed by atoms with Gasteiger partial charge in [0.05, 0.1) is 5.69 Å². The Balaban J connectivity index is 1.95. The minimum atomic E-state index is 0.582. The fraction of sp³-hybridized carbons (Fsp3) is 0.714. The zero-order valence-corrected chi connectivity index (χ0v) is 11.7. The van der Waals surface area contributed by atoms with Crippen LogP contribution in [0.4, 0.5) is 5.82 Å². The van der Waals surface area contributed by atoms with Crippen LogP contribution in [0.3, 0.4) is 0 Å². The maximum Gasteiger partial charge on any atom is 0.151 e. The first-order chi connectivity index (χ1) is 8.70. The number of hydrogen-bond donors (Lipinski definition) is 1. The summed E-state index contributed by atoms with van der Waals surface area (Å²) in [5.41, 5.74) is 1.02. The summed E-state index contributed by atoms with van der Waals surface area (Å²) in [5, 5.41) is 12.0. The predicted molar refractivity (Wildman–Crippen MR) is 74.6 cm³/mol. The zero-order chi connectivity index (χ0) is 13.0. The molecule has 0 amide bonds. The highest BCUT2D eigenvalue weighted by molar-refractivity contribution is 5.40. The van der Waals surface area contributed by atoms with E-state index >= 15 is 0 Å². The molecular formula is C14H24N4. The molecule has 2 rings (SSSR count). The number of aromatic nitrogens is 2. The number of rotatable bonds is 5. The van der Waals surface area contributed by atoms with E-state index in [0.717, 1.165) is 43.5 Å². The van der Waals surface area contributed by atoms with Crippen molar-refractivity contribution in [3.05, 3.63) is 17.8 Å². The quantitative estimate of drug-likeness (QED) is 0.811. The molecule has 1 aliphatic rings. The molecule has 0 spiro atoms. The van der Waals surface area contributed by atoms with E-state index in [1.807, 2.05) is 0 Å². The third kappa shape index (κ3) is 3.19. The summed E-state index contributed by atoms with van der Waals surface area (Å²) >= 11 is 0. The van der Waals surface area contributed by atoms with Crippen LogP contribution in [-0.4, -0.2) is 29.3 Å². The standard InChI is InChI=1S/C14H24N4/c1-4-7-15-9-13-5-6-14(17-16-13)18-10-11(2)8-12(18)3/h5-6,11-12,15H,4,7-10H2,1-3H3. The molecule has 2 unspecified atom stereocenters. The van der Waals surface area contributed by atoms with Crippen molar-refractivity contribution in [3.8, 4) is 0 Å². The highest BCUT2D eigenvalue weighted by atomic mass is 15.3. The third-order valence-electron chi connectivity index (χ3n) is 3.52. The maximum atomic E-state index is 4.36. The summed E-state index contributed by atoms with van der Waals surface area (Å²) in [6.45, 7) is 9.67. The lowest BCUT2D eigenvalue weighted by molar-refractivity contribution is 0.624. The smallest absolute Gasteiger partial charge is 0.151 e. The lowest BCUT2D eigenvalue weighted by atomic mass is 10.1. The molecule has 100 valence electrons. The summed E-state index contributed by atoms with van der Waals surface area (Å²) < 4.78 is 0. The number of nitrogens with zero attached hydrogens (tertiary/aromatic N) is 3. The van der Waals surface area contributed by atoms with Crippen molar-refractivity contribution in [2.75, 3.05) is 18.0 Å². The summed E-state index contributed by atoms with van der Waals surface area (Å²) in [4.78, 5) is 2.36. The van der Waals surface area contributed by atoms with Gasteiger partial charge in [0.25, 0.3) is 0 Å². The molecule has 1 saturated heterocycles. The van der Waals surface area contributed by atoms with Crippen molar-refractivity contribution < 1.29 is 0 Å². The fourth-order valence-corrected chi connectivity index (χ4v) is 2.61. The minimum Gasteiger partial charge on any atom is -0.352 e. The van der Waals surface area contributed by atoms with Gasteiger partial charge in [-0.05, 0) is 44.4 Å². The molecule has 1 aliphatic heterocycles. The highest BCUT2D eigenvalue weighted by Gasteiger charge is 2.27. The van der Waals surface area contributed by atoms with Gasteiger partial charge in [-0.2, -0.15) is 5.10 Å². The van der Waals surface area contributed by atoms with E-state index < -0.39 is 0 Å². The minimum absolute atomic E-state index is 0.582. The Morgan fingerprint density at radius 2 is 2.17 bits per heavy atom. The topological polar surface area (TPSA) is 41.0 Å². The highest BCUT2D eigenvalue weighted by Crippen LogP contribution is 2.26. The van der Waals surface area contributed by atoms with Crippen molar-refractivity contribution in [1.29, 1.82) is 0 Å². The summed E-state index contributed by atoms with van der Waals surface area (Å²) in [6.07, 6.45) is 2.40. The van der Waals surface area contributed by atoms with Crippen LogP contribution < -0.4 is 10.2 Å². The van der Waals surface area contributed by atoms with Crippen LogP contribution in [0.25, 0.3) is 0 Å². The van der Waals surface area contributed by atoms with E-state index in [-0.39, 0.29) is 0 Å². The average Bonchev–Trinajstić information content (AvgIpc) is 2.70. The Kier molecular flexibility index (Phi) is 4.53. The van der Waals surface area contributed by atoms with Crippen LogP contribution in [0.15, 0.2) is 12.1 Å². The summed E-state index contributed by atoms with van der Waals surface area (Å²) in [7, 11) is 0. The van der Waals surface area contributed by atoms with E-state index in [1.54, 1.807) is 0 Å². The molecule has 2 atom stereocenters. The van der Waals surface area contributed by atoms with E-state index in [1.165, 1.54) is 6.42 Å². The Morgan fingerprint density at radius 1 is 1.33 bits per heavy atom. The molecule has 4 nitrogen and oxygen atoms in total. The molecule has 1 fully saturated rings. The molecule has 4 heteroatoms. The summed E-state index contributed by atoms with van der Waals surface area (Å²) in [6, 6.07) is 4.77. The second-order valence-electron chi connectivity index (χ2n) is 5.40. The normalized spacial score (nSPS) is 23.6. The first-order valence-electron chi connectivity index (χ1n) is 7.00. The summed E-state index contributed by atoms with van der Waals surface area (Å²) in [5.74, 6) is 1.78. The van der Waals surface area contributed by atoms with Crippen molar-refractivity contribution in [2.24, 2.45) is 5.92 Å². The van der Waals surface area contributed by atoms with Crippen LogP contribution in [0.2, 0.25) is 0 Å². The Morgan fingerprint density at radius 3 is 2.72 bits per heavy atom. The molecule has 1 aromatic rings. The van der Waals surface area contributed by atoms with Gasteiger partial charge in [-0.1, -0.05) is 13.8 Å². The van der Waals surface area contributed by atoms with Crippen LogP contribution in [0, 0.1) is 5.92 Å². The Hall–Kier alpha value is -1.16. The molecule has 18 heavy (non-hydrogen) atoms. The first-order valence-corrected chi connectivity index (χ1v) is 7.00. The van der Waals surface area contributed by atoms with E-state index in [0.29, 0.717) is 6.04 Å². The molecule has 0 saturated carbocycles. The first kappa shape index (κ1) is 13.3. The average molecular weight is 248 g/mol. The Labute approximate surface area is 110 Å². The fourth-order valence-electron chi connectivity index (χ4n) is 2.61. The van der Waals surface area contributed by atoms with Gasteiger partial charge in [-0.15, -0.1) is 5.10 Å². The van der Waals surface area contributed by atoms with Crippen LogP contribution in [-0.2, 0) is 6.54 Å². The van der Waals surface area contributed by atoms with Crippen molar-refractivity contribution in [3.63, 3.8) is 0 Å². The van der Waals surface area contributed by atoms with Gasteiger partial charge in [0.2, 0.25) is 0 Å².